The molecule has 10 nitrogen and oxygen atoms in total. The number of aromatic nitrogens is 3. The van der Waals surface area contributed by atoms with Crippen LogP contribution >= 0.6 is 0 Å². The number of anilines is 3. The van der Waals surface area contributed by atoms with Gasteiger partial charge in [-0.1, -0.05) is 25.1 Å². The van der Waals surface area contributed by atoms with Gasteiger partial charge in [0.05, 0.1) is 34.4 Å². The topological polar surface area (TPSA) is 123 Å². The van der Waals surface area contributed by atoms with E-state index in [2.05, 4.69) is 42.4 Å². The Balaban J connectivity index is 1.42. The molecule has 216 valence electrons. The van der Waals surface area contributed by atoms with Gasteiger partial charge in [-0.3, -0.25) is 9.69 Å². The SMILES string of the molecule is CCS(=O)(=O)c1cccc(Nc2ncc(C)c(-c3c[nH]c4c(NC(=O)[C@@H](C)N5CCN(C)CC5)cccc34)n2)c1F. The highest BCUT2D eigenvalue weighted by Crippen LogP contribution is 2.34. The van der Waals surface area contributed by atoms with Crippen LogP contribution < -0.4 is 10.6 Å². The fraction of sp³-hybridized carbons (Fsp3) is 0.345. The zero-order valence-corrected chi connectivity index (χ0v) is 24.3. The number of para-hydroxylation sites is 1. The van der Waals surface area contributed by atoms with Gasteiger partial charge < -0.3 is 20.5 Å². The van der Waals surface area contributed by atoms with Crippen LogP contribution in [0.2, 0.25) is 0 Å². The van der Waals surface area contributed by atoms with Crippen LogP contribution in [0.3, 0.4) is 0 Å². The quantitative estimate of drug-likeness (QED) is 0.284. The standard InChI is InChI=1S/C29H34FN7O3S/c1-5-41(39,40)24-11-7-9-22(25(24)30)34-29-32-16-18(2)26(35-29)21-17-31-27-20(21)8-6-10-23(27)33-28(38)19(3)37-14-12-36(4)13-15-37/h6-11,16-17,19,31H,5,12-15H2,1-4H3,(H,33,38)(H,32,34,35)/t19-/m1/s1. The molecule has 1 amide bonds. The monoisotopic (exact) mass is 579 g/mol. The van der Waals surface area contributed by atoms with Gasteiger partial charge in [0.25, 0.3) is 0 Å². The number of benzene rings is 2. The largest absolute Gasteiger partial charge is 0.359 e. The highest BCUT2D eigenvalue weighted by atomic mass is 32.2. The zero-order chi connectivity index (χ0) is 29.3. The Bertz CT molecular complexity index is 1700. The van der Waals surface area contributed by atoms with Gasteiger partial charge >= 0.3 is 0 Å². The molecule has 3 heterocycles. The van der Waals surface area contributed by atoms with Crippen molar-refractivity contribution in [1.82, 2.24) is 24.8 Å². The summed E-state index contributed by atoms with van der Waals surface area (Å²) in [7, 11) is -1.66. The third-order valence-electron chi connectivity index (χ3n) is 7.59. The molecule has 12 heteroatoms. The number of piperazine rings is 1. The maximum absolute atomic E-state index is 15.1. The Morgan fingerprint density at radius 3 is 2.56 bits per heavy atom. The average Bonchev–Trinajstić information content (AvgIpc) is 3.40. The Morgan fingerprint density at radius 1 is 1.12 bits per heavy atom. The molecule has 0 spiro atoms. The fourth-order valence-corrected chi connectivity index (χ4v) is 5.94. The summed E-state index contributed by atoms with van der Waals surface area (Å²) in [4.78, 5) is 29.4. The number of nitrogens with one attached hydrogen (secondary N) is 3. The van der Waals surface area contributed by atoms with E-state index in [4.69, 9.17) is 0 Å². The van der Waals surface area contributed by atoms with Crippen molar-refractivity contribution in [2.75, 3.05) is 49.6 Å². The van der Waals surface area contributed by atoms with Crippen LogP contribution in [0.25, 0.3) is 22.2 Å². The highest BCUT2D eigenvalue weighted by Gasteiger charge is 2.25. The molecule has 0 saturated carbocycles. The van der Waals surface area contributed by atoms with Crippen LogP contribution in [-0.2, 0) is 14.6 Å². The number of likely N-dealkylation sites (N-methyl/N-ethyl adjacent to an activating group) is 1. The molecule has 0 radical (unpaired) electrons. The summed E-state index contributed by atoms with van der Waals surface area (Å²) in [5.74, 6) is -1.04. The van der Waals surface area contributed by atoms with Crippen molar-refractivity contribution < 1.29 is 17.6 Å². The molecule has 41 heavy (non-hydrogen) atoms. The van der Waals surface area contributed by atoms with Gasteiger partial charge in [-0.15, -0.1) is 0 Å². The number of rotatable bonds is 8. The van der Waals surface area contributed by atoms with Crippen LogP contribution in [-0.4, -0.2) is 84.1 Å². The van der Waals surface area contributed by atoms with E-state index >= 15 is 4.39 Å². The van der Waals surface area contributed by atoms with E-state index in [0.29, 0.717) is 11.4 Å². The lowest BCUT2D eigenvalue weighted by atomic mass is 10.1. The second-order valence-corrected chi connectivity index (χ2v) is 12.6. The fourth-order valence-electron chi connectivity index (χ4n) is 4.97. The second kappa shape index (κ2) is 11.6. The summed E-state index contributed by atoms with van der Waals surface area (Å²) in [5.41, 5.74) is 3.58. The minimum atomic E-state index is -3.74. The number of halogens is 1. The first-order valence-electron chi connectivity index (χ1n) is 13.5. The van der Waals surface area contributed by atoms with Crippen LogP contribution in [0, 0.1) is 12.7 Å². The smallest absolute Gasteiger partial charge is 0.241 e. The van der Waals surface area contributed by atoms with Gasteiger partial charge in [-0.05, 0) is 44.7 Å². The number of hydrogen-bond acceptors (Lipinski definition) is 8. The van der Waals surface area contributed by atoms with Crippen LogP contribution in [0.15, 0.2) is 53.7 Å². The first-order chi connectivity index (χ1) is 19.6. The predicted molar refractivity (Wildman–Crippen MR) is 159 cm³/mol. The van der Waals surface area contributed by atoms with Crippen molar-refractivity contribution in [2.45, 2.75) is 31.7 Å². The van der Waals surface area contributed by atoms with Crippen molar-refractivity contribution in [1.29, 1.82) is 0 Å². The van der Waals surface area contributed by atoms with E-state index in [1.165, 1.54) is 25.1 Å². The summed E-state index contributed by atoms with van der Waals surface area (Å²) in [6, 6.07) is 9.57. The van der Waals surface area contributed by atoms with Crippen molar-refractivity contribution in [3.05, 3.63) is 60.2 Å². The first kappa shape index (κ1) is 28.7. The number of H-pyrrole nitrogens is 1. The van der Waals surface area contributed by atoms with E-state index < -0.39 is 15.7 Å². The molecule has 0 unspecified atom stereocenters. The van der Waals surface area contributed by atoms with Crippen molar-refractivity contribution in [3.63, 3.8) is 0 Å². The number of sulfone groups is 1. The molecule has 2 aromatic carbocycles. The number of aryl methyl sites for hydroxylation is 1. The van der Waals surface area contributed by atoms with Gasteiger partial charge in [0, 0.05) is 49.5 Å². The molecule has 1 fully saturated rings. The van der Waals surface area contributed by atoms with Gasteiger partial charge in [-0.2, -0.15) is 0 Å². The Kier molecular flexibility index (Phi) is 8.07. The molecular weight excluding hydrogens is 545 g/mol. The molecule has 1 atom stereocenters. The average molecular weight is 580 g/mol. The number of nitrogens with zero attached hydrogens (tertiary/aromatic N) is 4. The number of aromatic amines is 1. The molecule has 1 aliphatic heterocycles. The number of carbonyl (C=O) groups excluding carboxylic acids is 1. The van der Waals surface area contributed by atoms with E-state index in [1.807, 2.05) is 38.2 Å². The molecule has 1 aliphatic rings. The maximum Gasteiger partial charge on any atom is 0.241 e. The predicted octanol–water partition coefficient (Wildman–Crippen LogP) is 4.18. The highest BCUT2D eigenvalue weighted by molar-refractivity contribution is 7.91. The van der Waals surface area contributed by atoms with Crippen LogP contribution in [0.5, 0.6) is 0 Å². The lowest BCUT2D eigenvalue weighted by Crippen LogP contribution is -2.51. The summed E-state index contributed by atoms with van der Waals surface area (Å²) < 4.78 is 39.7. The van der Waals surface area contributed by atoms with Gasteiger partial charge in [0.1, 0.15) is 4.90 Å². The Labute approximate surface area is 238 Å². The summed E-state index contributed by atoms with van der Waals surface area (Å²) >= 11 is 0. The molecular formula is C29H34FN7O3S. The number of amides is 1. The number of hydrogen-bond donors (Lipinski definition) is 3. The maximum atomic E-state index is 15.1. The minimum absolute atomic E-state index is 0.0345. The van der Waals surface area contributed by atoms with Crippen molar-refractivity contribution in [3.8, 4) is 11.3 Å². The van der Waals surface area contributed by atoms with E-state index in [-0.39, 0.29) is 34.2 Å². The number of carbonyl (C=O) groups is 1. The van der Waals surface area contributed by atoms with Crippen molar-refractivity contribution in [2.24, 2.45) is 0 Å². The van der Waals surface area contributed by atoms with Gasteiger partial charge in [0.15, 0.2) is 15.7 Å². The molecule has 3 N–H and O–H groups in total. The normalized spacial score (nSPS) is 15.6. The third kappa shape index (κ3) is 5.81. The zero-order valence-electron chi connectivity index (χ0n) is 23.5. The molecule has 4 aromatic rings. The van der Waals surface area contributed by atoms with Crippen LogP contribution in [0.4, 0.5) is 21.7 Å². The van der Waals surface area contributed by atoms with Gasteiger partial charge in [-0.25, -0.2) is 22.8 Å². The lowest BCUT2D eigenvalue weighted by molar-refractivity contribution is -0.121. The summed E-state index contributed by atoms with van der Waals surface area (Å²) in [6.07, 6.45) is 3.44. The van der Waals surface area contributed by atoms with Crippen LogP contribution in [0.1, 0.15) is 19.4 Å². The Morgan fingerprint density at radius 2 is 1.83 bits per heavy atom. The van der Waals surface area contributed by atoms with E-state index in [9.17, 15) is 13.2 Å². The Hall–Kier alpha value is -3.87. The third-order valence-corrected chi connectivity index (χ3v) is 9.34. The molecule has 0 aliphatic carbocycles. The molecule has 0 bridgehead atoms. The summed E-state index contributed by atoms with van der Waals surface area (Å²) in [6.45, 7) is 8.81. The van der Waals surface area contributed by atoms with E-state index in [0.717, 1.165) is 48.2 Å². The first-order valence-corrected chi connectivity index (χ1v) is 15.2. The molecule has 5 rings (SSSR count). The minimum Gasteiger partial charge on any atom is -0.359 e. The summed E-state index contributed by atoms with van der Waals surface area (Å²) in [5, 5.41) is 6.77. The second-order valence-electron chi connectivity index (χ2n) is 10.3. The van der Waals surface area contributed by atoms with Gasteiger partial charge in [0.2, 0.25) is 11.9 Å². The molecule has 2 aromatic heterocycles. The number of fused-ring (bicyclic) bond motifs is 1. The molecule has 1 saturated heterocycles. The van der Waals surface area contributed by atoms with Crippen molar-refractivity contribution >= 4 is 44.0 Å². The van der Waals surface area contributed by atoms with E-state index in [1.54, 1.807) is 6.20 Å². The lowest BCUT2D eigenvalue weighted by Gasteiger charge is -2.35.